The number of aliphatic hydroxyl groups is 1. The normalized spacial score (nSPS) is 27.4. The average Bonchev–Trinajstić information content (AvgIpc) is 3.16. The van der Waals surface area contributed by atoms with Crippen molar-refractivity contribution in [2.45, 2.75) is 86.0 Å². The third-order valence-corrected chi connectivity index (χ3v) is 10.0. The van der Waals surface area contributed by atoms with Crippen LogP contribution < -0.4 is 0 Å². The maximum atomic E-state index is 15.1. The third kappa shape index (κ3) is 4.69. The second-order valence-corrected chi connectivity index (χ2v) is 13.5. The highest BCUT2D eigenvalue weighted by atomic mass is 32.2. The van der Waals surface area contributed by atoms with Crippen molar-refractivity contribution in [3.8, 4) is 0 Å². The number of thioether (sulfide) groups is 1. The molecule has 0 spiro atoms. The first-order chi connectivity index (χ1) is 18.1. The van der Waals surface area contributed by atoms with Crippen LogP contribution >= 0.6 is 11.8 Å². The molecule has 0 amide bonds. The zero-order valence-corrected chi connectivity index (χ0v) is 25.3. The molecule has 3 atom stereocenters. The summed E-state index contributed by atoms with van der Waals surface area (Å²) in [6.45, 7) is 14.9. The van der Waals surface area contributed by atoms with Crippen LogP contribution in [0.4, 0.5) is 0 Å². The SMILES string of the molecule is CC(C)=CC[C@]1(C(=O)Sc2ccccc2)C[C@@]2(CC=O)C(C)(C)C(C(=O)C(C)C)=C(O)[C@@]2(CC=C(C)C)C1=O. The standard InChI is InChI=1S/C33H42O5S/c1-21(2)14-16-31(29(38)39-24-12-10-9-11-13-24)20-32(18-19-34)30(7,8)25(26(35)23(5)6)27(36)33(32,28(31)37)17-15-22(3)4/h9-15,19,23,36H,16-18,20H2,1-8H3/t31-,32-,33-/m0/s1. The molecular weight excluding hydrogens is 508 g/mol. The van der Waals surface area contributed by atoms with Gasteiger partial charge in [-0.3, -0.25) is 14.4 Å². The lowest BCUT2D eigenvalue weighted by Crippen LogP contribution is -2.47. The maximum Gasteiger partial charge on any atom is 0.207 e. The summed E-state index contributed by atoms with van der Waals surface area (Å²) in [6, 6.07) is 9.21. The first kappa shape index (κ1) is 30.8. The molecule has 0 bridgehead atoms. The molecule has 3 rings (SSSR count). The molecule has 1 fully saturated rings. The smallest absolute Gasteiger partial charge is 0.207 e. The fourth-order valence-electron chi connectivity index (χ4n) is 6.79. The van der Waals surface area contributed by atoms with Crippen LogP contribution in [0.2, 0.25) is 0 Å². The Kier molecular flexibility index (Phi) is 8.72. The lowest BCUT2D eigenvalue weighted by atomic mass is 9.53. The molecule has 5 nitrogen and oxygen atoms in total. The van der Waals surface area contributed by atoms with Gasteiger partial charge < -0.3 is 9.90 Å². The molecule has 0 radical (unpaired) electrons. The second-order valence-electron chi connectivity index (χ2n) is 12.5. The minimum Gasteiger partial charge on any atom is -0.511 e. The van der Waals surface area contributed by atoms with E-state index in [1.54, 1.807) is 13.8 Å². The molecule has 1 N–H and O–H groups in total. The molecule has 2 aliphatic carbocycles. The molecule has 6 heteroatoms. The molecule has 0 unspecified atom stereocenters. The summed E-state index contributed by atoms with van der Waals surface area (Å²) in [5.74, 6) is -1.29. The molecule has 2 aliphatic rings. The molecule has 0 aromatic heterocycles. The summed E-state index contributed by atoms with van der Waals surface area (Å²) in [7, 11) is 0. The molecule has 1 aromatic rings. The first-order valence-electron chi connectivity index (χ1n) is 13.7. The number of fused-ring (bicyclic) bond motifs is 1. The maximum absolute atomic E-state index is 15.1. The van der Waals surface area contributed by atoms with Gasteiger partial charge in [-0.2, -0.15) is 0 Å². The van der Waals surface area contributed by atoms with Crippen molar-refractivity contribution in [3.63, 3.8) is 0 Å². The molecular formula is C33H42O5S. The Balaban J connectivity index is 2.41. The van der Waals surface area contributed by atoms with Crippen molar-refractivity contribution < 1.29 is 24.3 Å². The van der Waals surface area contributed by atoms with Crippen LogP contribution in [0.5, 0.6) is 0 Å². The van der Waals surface area contributed by atoms with E-state index in [2.05, 4.69) is 0 Å². The fraction of sp³-hybridized carbons (Fsp3) is 0.515. The van der Waals surface area contributed by atoms with Gasteiger partial charge in [0.2, 0.25) is 5.12 Å². The topological polar surface area (TPSA) is 88.5 Å². The summed E-state index contributed by atoms with van der Waals surface area (Å²) in [4.78, 5) is 56.1. The number of allylic oxidation sites excluding steroid dienone is 6. The minimum absolute atomic E-state index is 0.0544. The van der Waals surface area contributed by atoms with E-state index in [1.807, 2.05) is 84.0 Å². The van der Waals surface area contributed by atoms with Gasteiger partial charge in [0.05, 0.1) is 5.41 Å². The van der Waals surface area contributed by atoms with Crippen molar-refractivity contribution in [3.05, 3.63) is 65.0 Å². The van der Waals surface area contributed by atoms with E-state index in [0.29, 0.717) is 0 Å². The number of Topliss-reactive ketones (excluding diaryl/α,β-unsaturated/α-hetero) is 2. The van der Waals surface area contributed by atoms with Gasteiger partial charge in [-0.25, -0.2) is 0 Å². The molecule has 1 aromatic carbocycles. The third-order valence-electron chi connectivity index (χ3n) is 8.93. The van der Waals surface area contributed by atoms with E-state index < -0.39 is 33.4 Å². The van der Waals surface area contributed by atoms with Gasteiger partial charge in [-0.05, 0) is 59.1 Å². The Morgan fingerprint density at radius 2 is 1.54 bits per heavy atom. The molecule has 39 heavy (non-hydrogen) atoms. The summed E-state index contributed by atoms with van der Waals surface area (Å²) >= 11 is 1.03. The number of aliphatic hydroxyl groups excluding tert-OH is 1. The quantitative estimate of drug-likeness (QED) is 0.140. The Morgan fingerprint density at radius 1 is 0.974 bits per heavy atom. The summed E-state index contributed by atoms with van der Waals surface area (Å²) in [5.41, 5.74) is -3.11. The number of hydrogen-bond donors (Lipinski definition) is 1. The van der Waals surface area contributed by atoms with E-state index in [-0.39, 0.29) is 47.9 Å². The molecule has 210 valence electrons. The predicted molar refractivity (Wildman–Crippen MR) is 156 cm³/mol. The van der Waals surface area contributed by atoms with E-state index in [1.165, 1.54) is 0 Å². The Bertz CT molecular complexity index is 1260. The first-order valence-corrected chi connectivity index (χ1v) is 14.5. The highest BCUT2D eigenvalue weighted by Gasteiger charge is 2.80. The van der Waals surface area contributed by atoms with Gasteiger partial charge in [-0.1, -0.05) is 81.0 Å². The Labute approximate surface area is 237 Å². The summed E-state index contributed by atoms with van der Waals surface area (Å²) in [6.07, 6.45) is 4.88. The van der Waals surface area contributed by atoms with Crippen molar-refractivity contribution in [2.75, 3.05) is 0 Å². The summed E-state index contributed by atoms with van der Waals surface area (Å²) < 4.78 is 0. The zero-order valence-electron chi connectivity index (χ0n) is 24.5. The van der Waals surface area contributed by atoms with Crippen molar-refractivity contribution in [1.29, 1.82) is 0 Å². The van der Waals surface area contributed by atoms with E-state index in [4.69, 9.17) is 0 Å². The number of hydrogen-bond acceptors (Lipinski definition) is 6. The molecule has 0 saturated heterocycles. The van der Waals surface area contributed by atoms with Gasteiger partial charge in [0.25, 0.3) is 0 Å². The highest BCUT2D eigenvalue weighted by Crippen LogP contribution is 2.77. The minimum atomic E-state index is -1.57. The van der Waals surface area contributed by atoms with Gasteiger partial charge in [0.15, 0.2) is 11.6 Å². The lowest BCUT2D eigenvalue weighted by molar-refractivity contribution is -0.140. The van der Waals surface area contributed by atoms with Crippen LogP contribution in [-0.2, 0) is 19.2 Å². The molecule has 0 heterocycles. The predicted octanol–water partition coefficient (Wildman–Crippen LogP) is 7.62. The van der Waals surface area contributed by atoms with Gasteiger partial charge in [-0.15, -0.1) is 0 Å². The Hall–Kier alpha value is -2.73. The highest BCUT2D eigenvalue weighted by molar-refractivity contribution is 8.13. The number of carbonyl (C=O) groups excluding carboxylic acids is 4. The van der Waals surface area contributed by atoms with Crippen LogP contribution in [0.25, 0.3) is 0 Å². The molecule has 1 saturated carbocycles. The largest absolute Gasteiger partial charge is 0.511 e. The van der Waals surface area contributed by atoms with Crippen LogP contribution in [0, 0.1) is 27.6 Å². The lowest BCUT2D eigenvalue weighted by Gasteiger charge is -2.47. The number of rotatable bonds is 10. The zero-order chi connectivity index (χ0) is 29.4. The van der Waals surface area contributed by atoms with Gasteiger partial charge in [0.1, 0.15) is 17.5 Å². The van der Waals surface area contributed by atoms with Gasteiger partial charge >= 0.3 is 0 Å². The van der Waals surface area contributed by atoms with Crippen LogP contribution in [0.3, 0.4) is 0 Å². The number of carbonyl (C=O) groups is 4. The van der Waals surface area contributed by atoms with Gasteiger partial charge in [0, 0.05) is 33.6 Å². The van der Waals surface area contributed by atoms with Crippen molar-refractivity contribution in [1.82, 2.24) is 0 Å². The van der Waals surface area contributed by atoms with E-state index >= 15 is 4.79 Å². The van der Waals surface area contributed by atoms with Crippen LogP contribution in [0.1, 0.15) is 81.1 Å². The number of aldehydes is 1. The van der Waals surface area contributed by atoms with Crippen molar-refractivity contribution >= 4 is 34.7 Å². The number of benzene rings is 1. The molecule has 0 aliphatic heterocycles. The number of ketones is 2. The van der Waals surface area contributed by atoms with Crippen LogP contribution in [-0.4, -0.2) is 28.1 Å². The van der Waals surface area contributed by atoms with Crippen molar-refractivity contribution in [2.24, 2.45) is 27.6 Å². The average molecular weight is 551 g/mol. The second kappa shape index (κ2) is 11.0. The van der Waals surface area contributed by atoms with E-state index in [0.717, 1.165) is 34.1 Å². The van der Waals surface area contributed by atoms with E-state index in [9.17, 15) is 19.5 Å². The monoisotopic (exact) mass is 550 g/mol. The van der Waals surface area contributed by atoms with Crippen LogP contribution in [0.15, 0.2) is 69.9 Å². The Morgan fingerprint density at radius 3 is 2.05 bits per heavy atom. The summed E-state index contributed by atoms with van der Waals surface area (Å²) in [5, 5.41) is 11.8. The fourth-order valence-corrected chi connectivity index (χ4v) is 7.74.